The zero-order valence-electron chi connectivity index (χ0n) is 11.5. The molecule has 3 nitrogen and oxygen atoms in total. The first-order valence-corrected chi connectivity index (χ1v) is 6.99. The first-order valence-electron chi connectivity index (χ1n) is 6.61. The normalized spacial score (nSPS) is 17.2. The molecule has 5 heteroatoms. The van der Waals surface area contributed by atoms with Gasteiger partial charge in [-0.15, -0.1) is 0 Å². The van der Waals surface area contributed by atoms with E-state index in [1.807, 2.05) is 0 Å². The number of piperidine rings is 1. The monoisotopic (exact) mass is 285 g/mol. The SMILES string of the molecule is CN(C)CC1CCN(c2cc(F)c(Cl)cc2N)CC1. The Morgan fingerprint density at radius 3 is 2.58 bits per heavy atom. The van der Waals surface area contributed by atoms with Crippen LogP contribution in [0.25, 0.3) is 0 Å². The van der Waals surface area contributed by atoms with Crippen molar-refractivity contribution < 1.29 is 4.39 Å². The second-order valence-corrected chi connectivity index (χ2v) is 5.92. The Bertz CT molecular complexity index is 443. The van der Waals surface area contributed by atoms with Crippen molar-refractivity contribution in [3.8, 4) is 0 Å². The van der Waals surface area contributed by atoms with E-state index in [4.69, 9.17) is 17.3 Å². The van der Waals surface area contributed by atoms with E-state index < -0.39 is 5.82 Å². The van der Waals surface area contributed by atoms with Crippen molar-refractivity contribution in [2.75, 3.05) is 44.4 Å². The predicted octanol–water partition coefficient (Wildman–Crippen LogP) is 2.84. The number of nitrogens with two attached hydrogens (primary N) is 1. The summed E-state index contributed by atoms with van der Waals surface area (Å²) in [7, 11) is 4.19. The molecule has 2 rings (SSSR count). The number of hydrogen-bond acceptors (Lipinski definition) is 3. The molecule has 19 heavy (non-hydrogen) atoms. The molecule has 0 unspecified atom stereocenters. The van der Waals surface area contributed by atoms with E-state index in [-0.39, 0.29) is 5.02 Å². The Morgan fingerprint density at radius 1 is 1.37 bits per heavy atom. The van der Waals surface area contributed by atoms with Crippen molar-refractivity contribution >= 4 is 23.0 Å². The first kappa shape index (κ1) is 14.4. The number of hydrogen-bond donors (Lipinski definition) is 1. The van der Waals surface area contributed by atoms with E-state index in [2.05, 4.69) is 23.9 Å². The fraction of sp³-hybridized carbons (Fsp3) is 0.571. The third-order valence-corrected chi connectivity index (χ3v) is 3.94. The van der Waals surface area contributed by atoms with Crippen molar-refractivity contribution in [1.29, 1.82) is 0 Å². The maximum absolute atomic E-state index is 13.5. The van der Waals surface area contributed by atoms with Gasteiger partial charge in [0.05, 0.1) is 16.4 Å². The molecular weight excluding hydrogens is 265 g/mol. The van der Waals surface area contributed by atoms with Gasteiger partial charge in [0.15, 0.2) is 0 Å². The van der Waals surface area contributed by atoms with Gasteiger partial charge in [-0.05, 0) is 38.9 Å². The van der Waals surface area contributed by atoms with Gasteiger partial charge in [-0.25, -0.2) is 4.39 Å². The van der Waals surface area contributed by atoms with E-state index in [0.29, 0.717) is 11.6 Å². The third-order valence-electron chi connectivity index (χ3n) is 3.65. The van der Waals surface area contributed by atoms with Gasteiger partial charge in [0.2, 0.25) is 0 Å². The van der Waals surface area contributed by atoms with E-state index in [9.17, 15) is 4.39 Å². The molecular formula is C14H21ClFN3. The third kappa shape index (κ3) is 3.51. The highest BCUT2D eigenvalue weighted by Crippen LogP contribution is 2.32. The van der Waals surface area contributed by atoms with Gasteiger partial charge in [-0.1, -0.05) is 11.6 Å². The number of nitrogen functional groups attached to an aromatic ring is 1. The summed E-state index contributed by atoms with van der Waals surface area (Å²) in [6.07, 6.45) is 2.23. The van der Waals surface area contributed by atoms with E-state index in [1.165, 1.54) is 12.1 Å². The molecule has 1 saturated heterocycles. The quantitative estimate of drug-likeness (QED) is 0.867. The van der Waals surface area contributed by atoms with Crippen molar-refractivity contribution in [2.24, 2.45) is 5.92 Å². The molecule has 1 aromatic rings. The molecule has 1 heterocycles. The lowest BCUT2D eigenvalue weighted by Gasteiger charge is -2.35. The molecule has 1 aliphatic heterocycles. The average Bonchev–Trinajstić information content (AvgIpc) is 2.34. The minimum atomic E-state index is -0.402. The Morgan fingerprint density at radius 2 is 2.00 bits per heavy atom. The highest BCUT2D eigenvalue weighted by atomic mass is 35.5. The van der Waals surface area contributed by atoms with Gasteiger partial charge in [-0.3, -0.25) is 0 Å². The van der Waals surface area contributed by atoms with Gasteiger partial charge in [0, 0.05) is 25.7 Å². The lowest BCUT2D eigenvalue weighted by atomic mass is 9.96. The Hall–Kier alpha value is -1.00. The summed E-state index contributed by atoms with van der Waals surface area (Å²) in [5, 5.41) is 0.0868. The highest BCUT2D eigenvalue weighted by molar-refractivity contribution is 6.31. The van der Waals surface area contributed by atoms with Crippen LogP contribution in [0.2, 0.25) is 5.02 Å². The lowest BCUT2D eigenvalue weighted by Crippen LogP contribution is -2.37. The smallest absolute Gasteiger partial charge is 0.144 e. The Balaban J connectivity index is 2.03. The van der Waals surface area contributed by atoms with E-state index in [0.717, 1.165) is 38.2 Å². The van der Waals surface area contributed by atoms with Gasteiger partial charge < -0.3 is 15.5 Å². The fourth-order valence-electron chi connectivity index (χ4n) is 2.70. The standard InChI is InChI=1S/C14H21ClFN3/c1-18(2)9-10-3-5-19(6-4-10)14-8-12(16)11(15)7-13(14)17/h7-8,10H,3-6,9,17H2,1-2H3. The van der Waals surface area contributed by atoms with Crippen molar-refractivity contribution in [3.05, 3.63) is 23.0 Å². The molecule has 0 atom stereocenters. The molecule has 0 amide bonds. The van der Waals surface area contributed by atoms with Crippen molar-refractivity contribution in [3.63, 3.8) is 0 Å². The molecule has 2 N–H and O–H groups in total. The lowest BCUT2D eigenvalue weighted by molar-refractivity contribution is 0.285. The summed E-state index contributed by atoms with van der Waals surface area (Å²) in [6, 6.07) is 2.95. The number of anilines is 2. The van der Waals surface area contributed by atoms with Gasteiger partial charge in [-0.2, -0.15) is 0 Å². The number of nitrogens with zero attached hydrogens (tertiary/aromatic N) is 2. The average molecular weight is 286 g/mol. The summed E-state index contributed by atoms with van der Waals surface area (Å²) in [4.78, 5) is 4.37. The Kier molecular flexibility index (Phi) is 4.53. The number of halogens is 2. The van der Waals surface area contributed by atoms with Gasteiger partial charge in [0.25, 0.3) is 0 Å². The molecule has 1 aromatic carbocycles. The fourth-order valence-corrected chi connectivity index (χ4v) is 2.87. The minimum Gasteiger partial charge on any atom is -0.397 e. The summed E-state index contributed by atoms with van der Waals surface area (Å²) >= 11 is 5.73. The largest absolute Gasteiger partial charge is 0.397 e. The number of benzene rings is 1. The van der Waals surface area contributed by atoms with Crippen LogP contribution in [0.1, 0.15) is 12.8 Å². The first-order chi connectivity index (χ1) is 8.97. The maximum Gasteiger partial charge on any atom is 0.144 e. The summed E-state index contributed by atoms with van der Waals surface area (Å²) in [6.45, 7) is 2.95. The predicted molar refractivity (Wildman–Crippen MR) is 79.3 cm³/mol. The zero-order valence-corrected chi connectivity index (χ0v) is 12.3. The van der Waals surface area contributed by atoms with Gasteiger partial charge in [0.1, 0.15) is 5.82 Å². The van der Waals surface area contributed by atoms with E-state index in [1.54, 1.807) is 0 Å². The molecule has 1 aliphatic rings. The zero-order chi connectivity index (χ0) is 14.0. The maximum atomic E-state index is 13.5. The summed E-state index contributed by atoms with van der Waals surface area (Å²) in [5.74, 6) is 0.311. The van der Waals surface area contributed by atoms with Crippen LogP contribution in [-0.4, -0.2) is 38.6 Å². The molecule has 0 bridgehead atoms. The number of rotatable bonds is 3. The highest BCUT2D eigenvalue weighted by Gasteiger charge is 2.21. The molecule has 0 radical (unpaired) electrons. The summed E-state index contributed by atoms with van der Waals surface area (Å²) in [5.41, 5.74) is 7.26. The van der Waals surface area contributed by atoms with Crippen molar-refractivity contribution in [1.82, 2.24) is 4.90 Å². The van der Waals surface area contributed by atoms with Crippen LogP contribution in [0.5, 0.6) is 0 Å². The van der Waals surface area contributed by atoms with Crippen molar-refractivity contribution in [2.45, 2.75) is 12.8 Å². The van der Waals surface area contributed by atoms with Crippen LogP contribution in [0.4, 0.5) is 15.8 Å². The molecule has 1 fully saturated rings. The van der Waals surface area contributed by atoms with E-state index >= 15 is 0 Å². The molecule has 0 aromatic heterocycles. The van der Waals surface area contributed by atoms with Crippen LogP contribution < -0.4 is 10.6 Å². The second kappa shape index (κ2) is 5.97. The van der Waals surface area contributed by atoms with Crippen LogP contribution in [0.15, 0.2) is 12.1 Å². The molecule has 0 aliphatic carbocycles. The van der Waals surface area contributed by atoms with Gasteiger partial charge >= 0.3 is 0 Å². The topological polar surface area (TPSA) is 32.5 Å². The minimum absolute atomic E-state index is 0.0868. The summed E-state index contributed by atoms with van der Waals surface area (Å²) < 4.78 is 13.5. The van der Waals surface area contributed by atoms with Crippen LogP contribution in [-0.2, 0) is 0 Å². The molecule has 0 saturated carbocycles. The molecule has 0 spiro atoms. The van der Waals surface area contributed by atoms with Crippen LogP contribution in [0, 0.1) is 11.7 Å². The van der Waals surface area contributed by atoms with Crippen LogP contribution >= 0.6 is 11.6 Å². The molecule has 106 valence electrons. The van der Waals surface area contributed by atoms with Crippen LogP contribution in [0.3, 0.4) is 0 Å². The second-order valence-electron chi connectivity index (χ2n) is 5.52. The Labute approximate surface area is 119 Å².